The summed E-state index contributed by atoms with van der Waals surface area (Å²) in [6, 6.07) is 1.93. The summed E-state index contributed by atoms with van der Waals surface area (Å²) in [5.41, 5.74) is 7.04. The van der Waals surface area contributed by atoms with Gasteiger partial charge in [0.15, 0.2) is 11.6 Å². The Morgan fingerprint density at radius 1 is 1.34 bits per heavy atom. The van der Waals surface area contributed by atoms with Crippen LogP contribution in [0.15, 0.2) is 18.5 Å². The number of anilines is 2. The standard InChI is InChI=1S/C18H21N7O3S/c1-10(26)17(27)20-9-12-6-13-14(29-12)16(25-2-4-28-5-3-25)24-15(23-13)11-7-21-18(19)22-8-11/h6-8,10,26H,2-5,9H2,1H3,(H,20,27)(H2,19,21,22). The van der Waals surface area contributed by atoms with E-state index in [-0.39, 0.29) is 5.95 Å². The molecule has 1 amide bonds. The molecule has 4 heterocycles. The number of fused-ring (bicyclic) bond motifs is 1. The van der Waals surface area contributed by atoms with Crippen LogP contribution >= 0.6 is 11.3 Å². The minimum atomic E-state index is -1.05. The lowest BCUT2D eigenvalue weighted by Crippen LogP contribution is -2.36. The van der Waals surface area contributed by atoms with Gasteiger partial charge < -0.3 is 25.8 Å². The van der Waals surface area contributed by atoms with Crippen molar-refractivity contribution in [2.24, 2.45) is 0 Å². The second-order valence-electron chi connectivity index (χ2n) is 6.62. The molecule has 0 spiro atoms. The third-order valence-corrected chi connectivity index (χ3v) is 5.58. The zero-order valence-corrected chi connectivity index (χ0v) is 16.6. The summed E-state index contributed by atoms with van der Waals surface area (Å²) in [7, 11) is 0. The molecule has 1 saturated heterocycles. The maximum absolute atomic E-state index is 11.7. The summed E-state index contributed by atoms with van der Waals surface area (Å²) in [6.07, 6.45) is 2.15. The average Bonchev–Trinajstić information content (AvgIpc) is 3.15. The molecular formula is C18H21N7O3S. The van der Waals surface area contributed by atoms with Crippen LogP contribution in [0.5, 0.6) is 0 Å². The number of thiophene rings is 1. The molecule has 3 aromatic rings. The van der Waals surface area contributed by atoms with E-state index in [4.69, 9.17) is 15.5 Å². The molecule has 1 unspecified atom stereocenters. The normalized spacial score (nSPS) is 15.4. The van der Waals surface area contributed by atoms with Crippen LogP contribution in [0.2, 0.25) is 0 Å². The lowest BCUT2D eigenvalue weighted by molar-refractivity contribution is -0.128. The van der Waals surface area contributed by atoms with E-state index in [2.05, 4.69) is 25.2 Å². The lowest BCUT2D eigenvalue weighted by Gasteiger charge is -2.28. The third kappa shape index (κ3) is 4.26. The minimum absolute atomic E-state index is 0.190. The summed E-state index contributed by atoms with van der Waals surface area (Å²) in [6.45, 7) is 4.48. The lowest BCUT2D eigenvalue weighted by atomic mass is 10.3. The molecule has 4 N–H and O–H groups in total. The van der Waals surface area contributed by atoms with Crippen molar-refractivity contribution in [3.63, 3.8) is 0 Å². The van der Waals surface area contributed by atoms with Crippen LogP contribution < -0.4 is 16.0 Å². The fourth-order valence-corrected chi connectivity index (χ4v) is 4.00. The molecule has 3 aromatic heterocycles. The van der Waals surface area contributed by atoms with Gasteiger partial charge in [0.05, 0.1) is 35.5 Å². The van der Waals surface area contributed by atoms with E-state index in [1.807, 2.05) is 6.07 Å². The Morgan fingerprint density at radius 2 is 2.07 bits per heavy atom. The zero-order valence-electron chi connectivity index (χ0n) is 15.8. The van der Waals surface area contributed by atoms with Crippen molar-refractivity contribution < 1.29 is 14.6 Å². The zero-order chi connectivity index (χ0) is 20.4. The van der Waals surface area contributed by atoms with E-state index in [9.17, 15) is 9.90 Å². The summed E-state index contributed by atoms with van der Waals surface area (Å²) in [4.78, 5) is 32.3. The summed E-state index contributed by atoms with van der Waals surface area (Å²) in [5.74, 6) is 1.11. The van der Waals surface area contributed by atoms with Crippen molar-refractivity contribution in [3.05, 3.63) is 23.3 Å². The van der Waals surface area contributed by atoms with Gasteiger partial charge in [0.2, 0.25) is 11.9 Å². The number of hydrogen-bond acceptors (Lipinski definition) is 10. The Hall–Kier alpha value is -2.89. The molecular weight excluding hydrogens is 394 g/mol. The fourth-order valence-electron chi connectivity index (χ4n) is 2.95. The first-order chi connectivity index (χ1) is 14.0. The number of rotatable bonds is 5. The van der Waals surface area contributed by atoms with Crippen molar-refractivity contribution in [2.45, 2.75) is 19.6 Å². The van der Waals surface area contributed by atoms with E-state index in [1.54, 1.807) is 12.4 Å². The number of hydrogen-bond donors (Lipinski definition) is 3. The summed E-state index contributed by atoms with van der Waals surface area (Å²) >= 11 is 1.52. The number of ether oxygens (including phenoxy) is 1. The number of nitrogen functional groups attached to an aromatic ring is 1. The van der Waals surface area contributed by atoms with Gasteiger partial charge in [-0.3, -0.25) is 4.79 Å². The van der Waals surface area contributed by atoms with E-state index >= 15 is 0 Å². The molecule has 0 aromatic carbocycles. The van der Waals surface area contributed by atoms with Crippen molar-refractivity contribution in [1.82, 2.24) is 25.3 Å². The van der Waals surface area contributed by atoms with Gasteiger partial charge in [-0.25, -0.2) is 19.9 Å². The summed E-state index contributed by atoms with van der Waals surface area (Å²) < 4.78 is 6.41. The van der Waals surface area contributed by atoms with Gasteiger partial charge in [0.1, 0.15) is 6.10 Å². The average molecular weight is 415 g/mol. The Balaban J connectivity index is 1.73. The number of aromatic nitrogens is 4. The molecule has 11 heteroatoms. The van der Waals surface area contributed by atoms with Crippen LogP contribution in [0.3, 0.4) is 0 Å². The molecule has 1 atom stereocenters. The van der Waals surface area contributed by atoms with E-state index in [0.29, 0.717) is 31.1 Å². The molecule has 10 nitrogen and oxygen atoms in total. The second kappa shape index (κ2) is 8.23. The number of aliphatic hydroxyl groups is 1. The highest BCUT2D eigenvalue weighted by molar-refractivity contribution is 7.19. The number of nitrogens with zero attached hydrogens (tertiary/aromatic N) is 5. The van der Waals surface area contributed by atoms with Gasteiger partial charge >= 0.3 is 0 Å². The molecule has 0 radical (unpaired) electrons. The first-order valence-electron chi connectivity index (χ1n) is 9.18. The number of nitrogens with two attached hydrogens (primary N) is 1. The first kappa shape index (κ1) is 19.4. The highest BCUT2D eigenvalue weighted by Crippen LogP contribution is 2.34. The highest BCUT2D eigenvalue weighted by Gasteiger charge is 2.20. The molecule has 0 bridgehead atoms. The highest BCUT2D eigenvalue weighted by atomic mass is 32.1. The smallest absolute Gasteiger partial charge is 0.248 e. The molecule has 1 fully saturated rings. The van der Waals surface area contributed by atoms with E-state index in [1.165, 1.54) is 18.3 Å². The Bertz CT molecular complexity index is 1020. The van der Waals surface area contributed by atoms with Crippen LogP contribution in [0.4, 0.5) is 11.8 Å². The summed E-state index contributed by atoms with van der Waals surface area (Å²) in [5, 5.41) is 12.1. The maximum Gasteiger partial charge on any atom is 0.248 e. The molecule has 4 rings (SSSR count). The largest absolute Gasteiger partial charge is 0.384 e. The van der Waals surface area contributed by atoms with Gasteiger partial charge in [-0.1, -0.05) is 0 Å². The Labute approximate surface area is 170 Å². The van der Waals surface area contributed by atoms with Crippen LogP contribution in [-0.2, 0) is 16.1 Å². The molecule has 152 valence electrons. The van der Waals surface area contributed by atoms with Crippen molar-refractivity contribution >= 4 is 39.2 Å². The van der Waals surface area contributed by atoms with Crippen molar-refractivity contribution in [1.29, 1.82) is 0 Å². The van der Waals surface area contributed by atoms with E-state index in [0.717, 1.165) is 34.0 Å². The number of amides is 1. The minimum Gasteiger partial charge on any atom is -0.384 e. The van der Waals surface area contributed by atoms with Gasteiger partial charge in [0, 0.05) is 30.4 Å². The van der Waals surface area contributed by atoms with Gasteiger partial charge in [-0.05, 0) is 13.0 Å². The van der Waals surface area contributed by atoms with Crippen molar-refractivity contribution in [2.75, 3.05) is 36.9 Å². The fraction of sp³-hybridized carbons (Fsp3) is 0.389. The number of morpholine rings is 1. The molecule has 1 aliphatic rings. The monoisotopic (exact) mass is 415 g/mol. The SMILES string of the molecule is CC(O)C(=O)NCc1cc2nc(-c3cnc(N)nc3)nc(N3CCOCC3)c2s1. The molecule has 0 saturated carbocycles. The van der Waals surface area contributed by atoms with Gasteiger partial charge in [0.25, 0.3) is 0 Å². The predicted molar refractivity (Wildman–Crippen MR) is 109 cm³/mol. The predicted octanol–water partition coefficient (Wildman–Crippen LogP) is 0.564. The topological polar surface area (TPSA) is 139 Å². The number of nitrogens with one attached hydrogen (secondary N) is 1. The van der Waals surface area contributed by atoms with Crippen LogP contribution in [0, 0.1) is 0 Å². The maximum atomic E-state index is 11.7. The molecule has 29 heavy (non-hydrogen) atoms. The van der Waals surface area contributed by atoms with Crippen LogP contribution in [-0.4, -0.2) is 63.4 Å². The third-order valence-electron chi connectivity index (χ3n) is 4.46. The Morgan fingerprint density at radius 3 is 2.76 bits per heavy atom. The molecule has 0 aliphatic carbocycles. The second-order valence-corrected chi connectivity index (χ2v) is 7.76. The van der Waals surface area contributed by atoms with Crippen LogP contribution in [0.1, 0.15) is 11.8 Å². The first-order valence-corrected chi connectivity index (χ1v) is 10.00. The molecule has 1 aliphatic heterocycles. The van der Waals surface area contributed by atoms with E-state index < -0.39 is 12.0 Å². The van der Waals surface area contributed by atoms with Crippen LogP contribution in [0.25, 0.3) is 21.6 Å². The van der Waals surface area contributed by atoms with Gasteiger partial charge in [-0.15, -0.1) is 11.3 Å². The number of carbonyl (C=O) groups excluding carboxylic acids is 1. The number of aliphatic hydroxyl groups excluding tert-OH is 1. The Kier molecular flexibility index (Phi) is 5.51. The quantitative estimate of drug-likeness (QED) is 0.545. The van der Waals surface area contributed by atoms with Crippen molar-refractivity contribution in [3.8, 4) is 11.4 Å². The van der Waals surface area contributed by atoms with Gasteiger partial charge in [-0.2, -0.15) is 0 Å². The number of carbonyl (C=O) groups is 1.